The molecular weight excluding hydrogens is 621 g/mol. The SMILES string of the molecule is c1ccc(-c2cc3ccccc3c3c2c(-c2ccccc2)nn3-c2cccc(-c3ccc(-c4cc5cccnc5c5ncccc45)cc3)c2)cc1. The molecule has 4 heteroatoms. The molecule has 0 amide bonds. The Bertz CT molecular complexity index is 2890. The van der Waals surface area contributed by atoms with Gasteiger partial charge in [0.15, 0.2) is 0 Å². The van der Waals surface area contributed by atoms with Gasteiger partial charge >= 0.3 is 0 Å². The highest BCUT2D eigenvalue weighted by Crippen LogP contribution is 2.42. The van der Waals surface area contributed by atoms with Crippen molar-refractivity contribution in [3.8, 4) is 50.3 Å². The quantitative estimate of drug-likeness (QED) is 0.174. The lowest BCUT2D eigenvalue weighted by atomic mass is 9.94. The first-order valence-corrected chi connectivity index (χ1v) is 17.2. The summed E-state index contributed by atoms with van der Waals surface area (Å²) in [6, 6.07) is 60.1. The third kappa shape index (κ3) is 4.88. The van der Waals surface area contributed by atoms with Crippen molar-refractivity contribution in [2.45, 2.75) is 0 Å². The van der Waals surface area contributed by atoms with Crippen LogP contribution < -0.4 is 0 Å². The molecule has 0 spiro atoms. The van der Waals surface area contributed by atoms with Crippen molar-refractivity contribution in [2.75, 3.05) is 0 Å². The van der Waals surface area contributed by atoms with Crippen molar-refractivity contribution in [2.24, 2.45) is 0 Å². The Morgan fingerprint density at radius 1 is 0.392 bits per heavy atom. The maximum Gasteiger partial charge on any atom is 0.101 e. The van der Waals surface area contributed by atoms with E-state index in [4.69, 9.17) is 10.1 Å². The molecule has 0 unspecified atom stereocenters. The monoisotopic (exact) mass is 650 g/mol. The van der Waals surface area contributed by atoms with Gasteiger partial charge in [0, 0.05) is 39.5 Å². The fraction of sp³-hybridized carbons (Fsp3) is 0. The number of nitrogens with zero attached hydrogens (tertiary/aromatic N) is 4. The van der Waals surface area contributed by atoms with Gasteiger partial charge < -0.3 is 0 Å². The molecule has 7 aromatic carbocycles. The summed E-state index contributed by atoms with van der Waals surface area (Å²) in [7, 11) is 0. The average Bonchev–Trinajstić information content (AvgIpc) is 3.62. The van der Waals surface area contributed by atoms with Crippen LogP contribution >= 0.6 is 0 Å². The van der Waals surface area contributed by atoms with Crippen LogP contribution in [0, 0.1) is 0 Å². The Labute approximate surface area is 294 Å². The minimum atomic E-state index is 0.923. The van der Waals surface area contributed by atoms with Crippen LogP contribution in [0.1, 0.15) is 0 Å². The van der Waals surface area contributed by atoms with E-state index in [9.17, 15) is 0 Å². The van der Waals surface area contributed by atoms with Crippen LogP contribution in [0.3, 0.4) is 0 Å². The molecule has 0 atom stereocenters. The van der Waals surface area contributed by atoms with Gasteiger partial charge in [-0.2, -0.15) is 5.10 Å². The molecule has 10 aromatic rings. The summed E-state index contributed by atoms with van der Waals surface area (Å²) in [6.07, 6.45) is 3.67. The van der Waals surface area contributed by atoms with E-state index in [0.29, 0.717) is 0 Å². The molecule has 0 radical (unpaired) electrons. The predicted octanol–water partition coefficient (Wildman–Crippen LogP) is 11.9. The number of hydrogen-bond acceptors (Lipinski definition) is 3. The zero-order valence-corrected chi connectivity index (χ0v) is 27.6. The zero-order chi connectivity index (χ0) is 33.7. The first kappa shape index (κ1) is 29.0. The van der Waals surface area contributed by atoms with Crippen molar-refractivity contribution in [1.82, 2.24) is 19.7 Å². The second-order valence-electron chi connectivity index (χ2n) is 12.9. The van der Waals surface area contributed by atoms with Gasteiger partial charge in [-0.1, -0.05) is 133 Å². The van der Waals surface area contributed by atoms with Crippen molar-refractivity contribution in [3.05, 3.63) is 182 Å². The molecule has 0 aliphatic carbocycles. The maximum absolute atomic E-state index is 5.41. The second-order valence-corrected chi connectivity index (χ2v) is 12.9. The van der Waals surface area contributed by atoms with Gasteiger partial charge in [-0.3, -0.25) is 9.97 Å². The molecule has 3 aromatic heterocycles. The fourth-order valence-electron chi connectivity index (χ4n) is 7.49. The lowest BCUT2D eigenvalue weighted by Crippen LogP contribution is -1.98. The minimum Gasteiger partial charge on any atom is -0.254 e. The van der Waals surface area contributed by atoms with Gasteiger partial charge in [0.05, 0.1) is 22.2 Å². The third-order valence-electron chi connectivity index (χ3n) is 9.88. The van der Waals surface area contributed by atoms with E-state index in [1.165, 1.54) is 21.9 Å². The highest BCUT2D eigenvalue weighted by Gasteiger charge is 2.21. The van der Waals surface area contributed by atoms with Crippen molar-refractivity contribution >= 4 is 43.5 Å². The van der Waals surface area contributed by atoms with Gasteiger partial charge in [0.2, 0.25) is 0 Å². The van der Waals surface area contributed by atoms with Crippen LogP contribution in [0.4, 0.5) is 0 Å². The highest BCUT2D eigenvalue weighted by atomic mass is 15.3. The molecule has 0 aliphatic rings. The normalized spacial score (nSPS) is 11.5. The molecule has 0 aliphatic heterocycles. The standard InChI is InChI=1S/C47H30N4/c1-3-12-32(13-4-1)42-29-36-16-7-8-20-39(36)47-43(42)44(34-14-5-2-6-15-34)50-51(47)38-19-9-17-35(28-38)31-22-24-33(25-23-31)41-30-37-18-10-26-48-45(37)46-40(41)21-11-27-49-46/h1-30H. The summed E-state index contributed by atoms with van der Waals surface area (Å²) in [5.74, 6) is 0. The minimum absolute atomic E-state index is 0.923. The van der Waals surface area contributed by atoms with Crippen molar-refractivity contribution in [1.29, 1.82) is 0 Å². The lowest BCUT2D eigenvalue weighted by Gasteiger charge is -2.12. The number of hydrogen-bond donors (Lipinski definition) is 0. The molecule has 0 fully saturated rings. The van der Waals surface area contributed by atoms with Gasteiger partial charge in [0.1, 0.15) is 5.69 Å². The van der Waals surface area contributed by atoms with Crippen LogP contribution in [-0.4, -0.2) is 19.7 Å². The van der Waals surface area contributed by atoms with E-state index in [0.717, 1.165) is 71.9 Å². The first-order valence-electron chi connectivity index (χ1n) is 17.2. The summed E-state index contributed by atoms with van der Waals surface area (Å²) in [4.78, 5) is 9.35. The average molecular weight is 651 g/mol. The molecule has 0 saturated heterocycles. The number of benzene rings is 7. The number of pyridine rings is 2. The highest BCUT2D eigenvalue weighted by molar-refractivity contribution is 6.17. The maximum atomic E-state index is 5.41. The summed E-state index contributed by atoms with van der Waals surface area (Å²) in [6.45, 7) is 0. The Hall–Kier alpha value is -6.91. The predicted molar refractivity (Wildman–Crippen MR) is 211 cm³/mol. The van der Waals surface area contributed by atoms with E-state index in [1.807, 2.05) is 24.5 Å². The first-order chi connectivity index (χ1) is 25.3. The Morgan fingerprint density at radius 3 is 1.82 bits per heavy atom. The van der Waals surface area contributed by atoms with Gasteiger partial charge in [-0.05, 0) is 75.2 Å². The number of rotatable bonds is 5. The van der Waals surface area contributed by atoms with Crippen LogP contribution in [0.5, 0.6) is 0 Å². The largest absolute Gasteiger partial charge is 0.254 e. The molecular formula is C47H30N4. The Balaban J connectivity index is 1.14. The Morgan fingerprint density at radius 2 is 1.00 bits per heavy atom. The van der Waals surface area contributed by atoms with E-state index >= 15 is 0 Å². The number of aromatic nitrogens is 4. The van der Waals surface area contributed by atoms with Gasteiger partial charge in [-0.15, -0.1) is 0 Å². The number of fused-ring (bicyclic) bond motifs is 6. The zero-order valence-electron chi connectivity index (χ0n) is 27.6. The molecule has 51 heavy (non-hydrogen) atoms. The fourth-order valence-corrected chi connectivity index (χ4v) is 7.49. The summed E-state index contributed by atoms with van der Waals surface area (Å²) >= 11 is 0. The topological polar surface area (TPSA) is 43.6 Å². The van der Waals surface area contributed by atoms with Crippen LogP contribution in [0.15, 0.2) is 182 Å². The summed E-state index contributed by atoms with van der Waals surface area (Å²) in [5.41, 5.74) is 12.9. The van der Waals surface area contributed by atoms with Crippen molar-refractivity contribution < 1.29 is 0 Å². The molecule has 238 valence electrons. The smallest absolute Gasteiger partial charge is 0.101 e. The van der Waals surface area contributed by atoms with Crippen LogP contribution in [0.2, 0.25) is 0 Å². The van der Waals surface area contributed by atoms with Crippen LogP contribution in [-0.2, 0) is 0 Å². The van der Waals surface area contributed by atoms with E-state index in [2.05, 4.69) is 167 Å². The molecule has 10 rings (SSSR count). The summed E-state index contributed by atoms with van der Waals surface area (Å²) in [5, 5.41) is 11.1. The van der Waals surface area contributed by atoms with E-state index in [1.54, 1.807) is 0 Å². The third-order valence-corrected chi connectivity index (χ3v) is 9.88. The molecule has 0 bridgehead atoms. The molecule has 0 N–H and O–H groups in total. The van der Waals surface area contributed by atoms with E-state index < -0.39 is 0 Å². The molecule has 0 saturated carbocycles. The Kier molecular flexibility index (Phi) is 6.78. The summed E-state index contributed by atoms with van der Waals surface area (Å²) < 4.78 is 2.15. The van der Waals surface area contributed by atoms with Crippen molar-refractivity contribution in [3.63, 3.8) is 0 Å². The lowest BCUT2D eigenvalue weighted by molar-refractivity contribution is 0.918. The molecule has 3 heterocycles. The van der Waals surface area contributed by atoms with Gasteiger partial charge in [0.25, 0.3) is 0 Å². The van der Waals surface area contributed by atoms with Crippen LogP contribution in [0.25, 0.3) is 93.8 Å². The second kappa shape index (κ2) is 11.9. The van der Waals surface area contributed by atoms with Gasteiger partial charge in [-0.25, -0.2) is 4.68 Å². The molecule has 4 nitrogen and oxygen atoms in total. The van der Waals surface area contributed by atoms with E-state index in [-0.39, 0.29) is 0 Å².